The number of para-hydroxylation sites is 1. The number of nitrogens with one attached hydrogen (secondary N) is 1. The number of benzene rings is 1. The van der Waals surface area contributed by atoms with Crippen molar-refractivity contribution in [1.82, 2.24) is 15.5 Å². The van der Waals surface area contributed by atoms with Gasteiger partial charge in [0.2, 0.25) is 6.39 Å². The van der Waals surface area contributed by atoms with Crippen molar-refractivity contribution in [3.8, 4) is 5.75 Å². The van der Waals surface area contributed by atoms with Gasteiger partial charge in [0.05, 0.1) is 6.54 Å². The van der Waals surface area contributed by atoms with Crippen LogP contribution in [0, 0.1) is 0 Å². The molecule has 0 unspecified atom stereocenters. The standard InChI is InChI=1S/C10H9N3O3/c14-10(11-6-9-12-7-15-13-9)16-8-4-2-1-3-5-8/h1-5,7H,6H2,(H,11,14). The van der Waals surface area contributed by atoms with Crippen molar-refractivity contribution >= 4 is 6.09 Å². The van der Waals surface area contributed by atoms with E-state index < -0.39 is 6.09 Å². The first kappa shape index (κ1) is 10.2. The molecule has 2 rings (SSSR count). The van der Waals surface area contributed by atoms with Crippen LogP contribution in [0.4, 0.5) is 4.79 Å². The Labute approximate surface area is 91.2 Å². The molecule has 0 saturated heterocycles. The van der Waals surface area contributed by atoms with Crippen molar-refractivity contribution in [2.24, 2.45) is 0 Å². The van der Waals surface area contributed by atoms with E-state index in [4.69, 9.17) is 4.74 Å². The van der Waals surface area contributed by atoms with Gasteiger partial charge in [-0.1, -0.05) is 23.4 Å². The molecular formula is C10H9N3O3. The monoisotopic (exact) mass is 219 g/mol. The Bertz CT molecular complexity index is 442. The molecule has 0 atom stereocenters. The topological polar surface area (TPSA) is 77.3 Å². The zero-order valence-electron chi connectivity index (χ0n) is 8.29. The average Bonchev–Trinajstić information content (AvgIpc) is 2.81. The van der Waals surface area contributed by atoms with Crippen LogP contribution in [0.5, 0.6) is 5.75 Å². The maximum Gasteiger partial charge on any atom is 0.412 e. The van der Waals surface area contributed by atoms with Crippen LogP contribution in [0.25, 0.3) is 0 Å². The summed E-state index contributed by atoms with van der Waals surface area (Å²) in [4.78, 5) is 15.0. The normalized spacial score (nSPS) is 9.75. The summed E-state index contributed by atoms with van der Waals surface area (Å²) >= 11 is 0. The molecule has 1 heterocycles. The summed E-state index contributed by atoms with van der Waals surface area (Å²) in [6, 6.07) is 8.77. The Morgan fingerprint density at radius 1 is 1.38 bits per heavy atom. The first-order valence-electron chi connectivity index (χ1n) is 4.60. The lowest BCUT2D eigenvalue weighted by molar-refractivity contribution is 0.199. The van der Waals surface area contributed by atoms with Crippen LogP contribution in [0.1, 0.15) is 5.82 Å². The van der Waals surface area contributed by atoms with E-state index in [1.165, 1.54) is 6.39 Å². The van der Waals surface area contributed by atoms with Crippen LogP contribution in [-0.2, 0) is 6.54 Å². The number of hydrogen-bond acceptors (Lipinski definition) is 5. The fourth-order valence-electron chi connectivity index (χ4n) is 1.05. The largest absolute Gasteiger partial charge is 0.412 e. The molecule has 1 aromatic carbocycles. The van der Waals surface area contributed by atoms with Crippen molar-refractivity contribution in [2.45, 2.75) is 6.54 Å². The van der Waals surface area contributed by atoms with E-state index in [0.29, 0.717) is 11.6 Å². The summed E-state index contributed by atoms with van der Waals surface area (Å²) < 4.78 is 9.49. The minimum atomic E-state index is -0.559. The number of aromatic nitrogens is 2. The summed E-state index contributed by atoms with van der Waals surface area (Å²) in [5, 5.41) is 6.03. The molecule has 0 saturated carbocycles. The average molecular weight is 219 g/mol. The SMILES string of the molecule is O=C(NCc1ncon1)Oc1ccccc1. The Morgan fingerprint density at radius 2 is 2.19 bits per heavy atom. The zero-order chi connectivity index (χ0) is 11.2. The third-order valence-corrected chi connectivity index (χ3v) is 1.75. The number of amides is 1. The third kappa shape index (κ3) is 2.81. The van der Waals surface area contributed by atoms with Crippen molar-refractivity contribution in [3.05, 3.63) is 42.5 Å². The van der Waals surface area contributed by atoms with Crippen LogP contribution in [0.2, 0.25) is 0 Å². The summed E-state index contributed by atoms with van der Waals surface area (Å²) in [6.45, 7) is 0.169. The van der Waals surface area contributed by atoms with E-state index in [1.54, 1.807) is 24.3 Å². The van der Waals surface area contributed by atoms with Crippen molar-refractivity contribution in [2.75, 3.05) is 0 Å². The molecule has 1 amide bonds. The Kier molecular flexibility index (Phi) is 3.12. The van der Waals surface area contributed by atoms with E-state index in [1.807, 2.05) is 6.07 Å². The molecular weight excluding hydrogens is 210 g/mol. The van der Waals surface area contributed by atoms with E-state index >= 15 is 0 Å². The maximum absolute atomic E-state index is 11.3. The fraction of sp³-hybridized carbons (Fsp3) is 0.100. The van der Waals surface area contributed by atoms with Gasteiger partial charge < -0.3 is 14.6 Å². The molecule has 6 heteroatoms. The van der Waals surface area contributed by atoms with Gasteiger partial charge in [-0.3, -0.25) is 0 Å². The van der Waals surface area contributed by atoms with Gasteiger partial charge in [-0.2, -0.15) is 4.98 Å². The molecule has 0 radical (unpaired) electrons. The molecule has 0 aliphatic heterocycles. The van der Waals surface area contributed by atoms with Gasteiger partial charge in [-0.05, 0) is 12.1 Å². The highest BCUT2D eigenvalue weighted by Crippen LogP contribution is 2.08. The number of hydrogen-bond donors (Lipinski definition) is 1. The molecule has 0 spiro atoms. The fourth-order valence-corrected chi connectivity index (χ4v) is 1.05. The zero-order valence-corrected chi connectivity index (χ0v) is 8.29. The van der Waals surface area contributed by atoms with Gasteiger partial charge in [0.25, 0.3) is 0 Å². The van der Waals surface area contributed by atoms with Gasteiger partial charge in [0.1, 0.15) is 5.75 Å². The first-order chi connectivity index (χ1) is 7.84. The van der Waals surface area contributed by atoms with Crippen LogP contribution < -0.4 is 10.1 Å². The number of carbonyl (C=O) groups is 1. The lowest BCUT2D eigenvalue weighted by atomic mass is 10.3. The second-order valence-electron chi connectivity index (χ2n) is 2.90. The molecule has 82 valence electrons. The highest BCUT2D eigenvalue weighted by Gasteiger charge is 2.05. The van der Waals surface area contributed by atoms with Gasteiger partial charge in [0, 0.05) is 0 Å². The lowest BCUT2D eigenvalue weighted by Gasteiger charge is -2.03. The summed E-state index contributed by atoms with van der Waals surface area (Å²) in [5.41, 5.74) is 0. The lowest BCUT2D eigenvalue weighted by Crippen LogP contribution is -2.26. The summed E-state index contributed by atoms with van der Waals surface area (Å²) in [6.07, 6.45) is 0.635. The second-order valence-corrected chi connectivity index (χ2v) is 2.90. The highest BCUT2D eigenvalue weighted by atomic mass is 16.6. The first-order valence-corrected chi connectivity index (χ1v) is 4.60. The Morgan fingerprint density at radius 3 is 2.88 bits per heavy atom. The third-order valence-electron chi connectivity index (χ3n) is 1.75. The number of ether oxygens (including phenoxy) is 1. The molecule has 6 nitrogen and oxygen atoms in total. The smallest absolute Gasteiger partial charge is 0.410 e. The van der Waals surface area contributed by atoms with Gasteiger partial charge in [-0.25, -0.2) is 4.79 Å². The Hall–Kier alpha value is -2.37. The van der Waals surface area contributed by atoms with Crippen molar-refractivity contribution in [1.29, 1.82) is 0 Å². The minimum Gasteiger partial charge on any atom is -0.410 e. The van der Waals surface area contributed by atoms with Crippen LogP contribution in [0.3, 0.4) is 0 Å². The quantitative estimate of drug-likeness (QED) is 0.843. The number of nitrogens with zero attached hydrogens (tertiary/aromatic N) is 2. The van der Waals surface area contributed by atoms with E-state index in [-0.39, 0.29) is 6.54 Å². The van der Waals surface area contributed by atoms with Gasteiger partial charge in [-0.15, -0.1) is 0 Å². The molecule has 2 aromatic rings. The molecule has 1 N–H and O–H groups in total. The molecule has 0 bridgehead atoms. The summed E-state index contributed by atoms with van der Waals surface area (Å²) in [7, 11) is 0. The van der Waals surface area contributed by atoms with Crippen LogP contribution in [-0.4, -0.2) is 16.2 Å². The van der Waals surface area contributed by atoms with Crippen molar-refractivity contribution < 1.29 is 14.1 Å². The van der Waals surface area contributed by atoms with Crippen molar-refractivity contribution in [3.63, 3.8) is 0 Å². The molecule has 0 fully saturated rings. The van der Waals surface area contributed by atoms with Gasteiger partial charge in [0.15, 0.2) is 5.82 Å². The molecule has 1 aromatic heterocycles. The highest BCUT2D eigenvalue weighted by molar-refractivity contribution is 5.70. The maximum atomic E-state index is 11.3. The van der Waals surface area contributed by atoms with Crippen LogP contribution >= 0.6 is 0 Å². The molecule has 0 aliphatic rings. The van der Waals surface area contributed by atoms with E-state index in [0.717, 1.165) is 0 Å². The van der Waals surface area contributed by atoms with E-state index in [2.05, 4.69) is 20.0 Å². The van der Waals surface area contributed by atoms with E-state index in [9.17, 15) is 4.79 Å². The summed E-state index contributed by atoms with van der Waals surface area (Å²) in [5.74, 6) is 0.873. The predicted octanol–water partition coefficient (Wildman–Crippen LogP) is 1.36. The second kappa shape index (κ2) is 4.92. The predicted molar refractivity (Wildman–Crippen MR) is 53.6 cm³/mol. The van der Waals surface area contributed by atoms with Gasteiger partial charge >= 0.3 is 6.09 Å². The van der Waals surface area contributed by atoms with Crippen LogP contribution in [0.15, 0.2) is 41.2 Å². The number of rotatable bonds is 3. The minimum absolute atomic E-state index is 0.169. The molecule has 16 heavy (non-hydrogen) atoms. The Balaban J connectivity index is 1.81. The molecule has 0 aliphatic carbocycles. The number of carbonyl (C=O) groups excluding carboxylic acids is 1.